The first-order valence-electron chi connectivity index (χ1n) is 6.05. The smallest absolute Gasteiger partial charge is 0.242 e. The maximum atomic E-state index is 12.0. The summed E-state index contributed by atoms with van der Waals surface area (Å²) in [6.07, 6.45) is 1.92. The zero-order valence-corrected chi connectivity index (χ0v) is 10.7. The van der Waals surface area contributed by atoms with Crippen molar-refractivity contribution in [1.82, 2.24) is 9.88 Å². The van der Waals surface area contributed by atoms with Crippen LogP contribution in [0.4, 0.5) is 0 Å². The Morgan fingerprint density at radius 2 is 2.05 bits per heavy atom. The third-order valence-electron chi connectivity index (χ3n) is 3.02. The first-order valence-corrected chi connectivity index (χ1v) is 6.05. The van der Waals surface area contributed by atoms with E-state index in [4.69, 9.17) is 5.26 Å². The highest BCUT2D eigenvalue weighted by molar-refractivity contribution is 5.86. The van der Waals surface area contributed by atoms with Crippen LogP contribution in [0.1, 0.15) is 17.2 Å². The molecule has 2 aromatic rings. The molecule has 1 aromatic heterocycles. The molecule has 0 fully saturated rings. The van der Waals surface area contributed by atoms with Crippen LogP contribution in [0.5, 0.6) is 0 Å². The minimum atomic E-state index is -0.763. The van der Waals surface area contributed by atoms with Crippen molar-refractivity contribution in [2.24, 2.45) is 7.05 Å². The molecule has 1 aromatic carbocycles. The molecular formula is C15H15N3O. The minimum Gasteiger partial charge on any atom is -0.353 e. The second kappa shape index (κ2) is 5.87. The van der Waals surface area contributed by atoms with Crippen molar-refractivity contribution in [2.45, 2.75) is 12.5 Å². The predicted molar refractivity (Wildman–Crippen MR) is 72.1 cm³/mol. The molecule has 1 N–H and O–H groups in total. The topological polar surface area (TPSA) is 57.8 Å². The number of aromatic nitrogens is 1. The van der Waals surface area contributed by atoms with Crippen molar-refractivity contribution in [2.75, 3.05) is 0 Å². The molecule has 2 rings (SSSR count). The lowest BCUT2D eigenvalue weighted by Crippen LogP contribution is -2.28. The number of nitrogens with one attached hydrogen (secondary N) is 1. The quantitative estimate of drug-likeness (QED) is 0.905. The lowest BCUT2D eigenvalue weighted by atomic mass is 10.00. The molecule has 0 radical (unpaired) electrons. The summed E-state index contributed by atoms with van der Waals surface area (Å²) in [5.74, 6) is -1.03. The summed E-state index contributed by atoms with van der Waals surface area (Å²) in [7, 11) is 1.92. The first-order chi connectivity index (χ1) is 9.22. The average Bonchev–Trinajstić information content (AvgIpc) is 2.84. The third kappa shape index (κ3) is 3.02. The molecule has 96 valence electrons. The molecule has 4 heteroatoms. The van der Waals surface area contributed by atoms with E-state index in [2.05, 4.69) is 5.32 Å². The lowest BCUT2D eigenvalue weighted by Gasteiger charge is -2.11. The molecule has 1 amide bonds. The molecular weight excluding hydrogens is 238 g/mol. The van der Waals surface area contributed by atoms with E-state index in [0.717, 1.165) is 11.3 Å². The highest BCUT2D eigenvalue weighted by atomic mass is 16.1. The van der Waals surface area contributed by atoms with Gasteiger partial charge in [0, 0.05) is 18.9 Å². The number of nitrogens with zero attached hydrogens (tertiary/aromatic N) is 2. The van der Waals surface area contributed by atoms with Crippen molar-refractivity contribution < 1.29 is 4.79 Å². The van der Waals surface area contributed by atoms with Gasteiger partial charge in [0.1, 0.15) is 5.92 Å². The van der Waals surface area contributed by atoms with Crippen LogP contribution in [-0.4, -0.2) is 10.5 Å². The summed E-state index contributed by atoms with van der Waals surface area (Å²) in [5, 5.41) is 11.9. The first kappa shape index (κ1) is 12.9. The standard InChI is InChI=1S/C15H15N3O/c1-18-9-5-8-13(18)11-17-15(19)14(10-16)12-6-3-2-4-7-12/h2-9,14H,11H2,1H3,(H,17,19). The van der Waals surface area contributed by atoms with Crippen molar-refractivity contribution in [1.29, 1.82) is 5.26 Å². The van der Waals surface area contributed by atoms with Crippen LogP contribution in [0.3, 0.4) is 0 Å². The second-order valence-electron chi connectivity index (χ2n) is 4.30. The van der Waals surface area contributed by atoms with Gasteiger partial charge in [0.05, 0.1) is 12.6 Å². The number of carbonyl (C=O) groups excluding carboxylic acids is 1. The van der Waals surface area contributed by atoms with E-state index in [0.29, 0.717) is 6.54 Å². The number of aryl methyl sites for hydroxylation is 1. The summed E-state index contributed by atoms with van der Waals surface area (Å²) in [6.45, 7) is 0.424. The van der Waals surface area contributed by atoms with Gasteiger partial charge in [-0.3, -0.25) is 4.79 Å². The van der Waals surface area contributed by atoms with Crippen LogP contribution in [-0.2, 0) is 18.4 Å². The average molecular weight is 253 g/mol. The second-order valence-corrected chi connectivity index (χ2v) is 4.30. The van der Waals surface area contributed by atoms with E-state index >= 15 is 0 Å². The zero-order chi connectivity index (χ0) is 13.7. The Morgan fingerprint density at radius 1 is 1.32 bits per heavy atom. The van der Waals surface area contributed by atoms with Gasteiger partial charge in [-0.15, -0.1) is 0 Å². The Labute approximate surface area is 112 Å². The highest BCUT2D eigenvalue weighted by Gasteiger charge is 2.19. The van der Waals surface area contributed by atoms with Gasteiger partial charge in [0.2, 0.25) is 5.91 Å². The molecule has 0 aliphatic rings. The normalized spacial score (nSPS) is 11.6. The van der Waals surface area contributed by atoms with Gasteiger partial charge >= 0.3 is 0 Å². The van der Waals surface area contributed by atoms with Crippen molar-refractivity contribution in [3.8, 4) is 6.07 Å². The maximum Gasteiger partial charge on any atom is 0.242 e. The summed E-state index contributed by atoms with van der Waals surface area (Å²) in [5.41, 5.74) is 1.72. The van der Waals surface area contributed by atoms with Gasteiger partial charge in [-0.1, -0.05) is 30.3 Å². The largest absolute Gasteiger partial charge is 0.353 e. The van der Waals surface area contributed by atoms with Gasteiger partial charge in [0.25, 0.3) is 0 Å². The molecule has 0 aliphatic carbocycles. The molecule has 0 bridgehead atoms. The molecule has 0 saturated heterocycles. The Bertz CT molecular complexity index is 595. The monoisotopic (exact) mass is 253 g/mol. The van der Waals surface area contributed by atoms with E-state index in [9.17, 15) is 4.79 Å². The molecule has 0 aliphatic heterocycles. The molecule has 19 heavy (non-hydrogen) atoms. The van der Waals surface area contributed by atoms with E-state index in [1.807, 2.05) is 54.2 Å². The van der Waals surface area contributed by atoms with E-state index in [1.165, 1.54) is 0 Å². The predicted octanol–water partition coefficient (Wildman–Crippen LogP) is 1.95. The van der Waals surface area contributed by atoms with Crippen LogP contribution in [0.15, 0.2) is 48.7 Å². The van der Waals surface area contributed by atoms with E-state index in [1.54, 1.807) is 12.1 Å². The third-order valence-corrected chi connectivity index (χ3v) is 3.02. The molecule has 0 spiro atoms. The van der Waals surface area contributed by atoms with Crippen molar-refractivity contribution in [3.05, 3.63) is 59.9 Å². The van der Waals surface area contributed by atoms with Gasteiger partial charge in [0.15, 0.2) is 0 Å². The SMILES string of the molecule is Cn1cccc1CNC(=O)C(C#N)c1ccccc1. The summed E-state index contributed by atoms with van der Waals surface area (Å²) >= 11 is 0. The Balaban J connectivity index is 2.03. The summed E-state index contributed by atoms with van der Waals surface area (Å²) < 4.78 is 1.93. The summed E-state index contributed by atoms with van der Waals surface area (Å²) in [6, 6.07) is 15.0. The lowest BCUT2D eigenvalue weighted by molar-refractivity contribution is -0.121. The van der Waals surface area contributed by atoms with Crippen LogP contribution < -0.4 is 5.32 Å². The number of benzene rings is 1. The van der Waals surface area contributed by atoms with Crippen LogP contribution in [0.2, 0.25) is 0 Å². The minimum absolute atomic E-state index is 0.269. The molecule has 1 heterocycles. The van der Waals surface area contributed by atoms with Gasteiger partial charge in [-0.05, 0) is 17.7 Å². The number of hydrogen-bond donors (Lipinski definition) is 1. The van der Waals surface area contributed by atoms with E-state index < -0.39 is 5.92 Å². The molecule has 4 nitrogen and oxygen atoms in total. The van der Waals surface area contributed by atoms with Crippen molar-refractivity contribution >= 4 is 5.91 Å². The maximum absolute atomic E-state index is 12.0. The fourth-order valence-corrected chi connectivity index (χ4v) is 1.89. The van der Waals surface area contributed by atoms with Crippen LogP contribution >= 0.6 is 0 Å². The fourth-order valence-electron chi connectivity index (χ4n) is 1.89. The number of rotatable bonds is 4. The molecule has 1 unspecified atom stereocenters. The number of nitriles is 1. The van der Waals surface area contributed by atoms with Crippen LogP contribution in [0.25, 0.3) is 0 Å². The molecule has 0 saturated carbocycles. The highest BCUT2D eigenvalue weighted by Crippen LogP contribution is 2.14. The van der Waals surface area contributed by atoms with Crippen molar-refractivity contribution in [3.63, 3.8) is 0 Å². The van der Waals surface area contributed by atoms with Gasteiger partial charge in [-0.2, -0.15) is 5.26 Å². The zero-order valence-electron chi connectivity index (χ0n) is 10.7. The summed E-state index contributed by atoms with van der Waals surface area (Å²) in [4.78, 5) is 12.0. The number of amides is 1. The van der Waals surface area contributed by atoms with Crippen LogP contribution in [0, 0.1) is 11.3 Å². The molecule has 1 atom stereocenters. The number of carbonyl (C=O) groups is 1. The fraction of sp³-hybridized carbons (Fsp3) is 0.200. The Hall–Kier alpha value is -2.54. The van der Waals surface area contributed by atoms with Gasteiger partial charge in [-0.25, -0.2) is 0 Å². The Morgan fingerprint density at radius 3 is 2.63 bits per heavy atom. The Kier molecular flexibility index (Phi) is 3.99. The van der Waals surface area contributed by atoms with E-state index in [-0.39, 0.29) is 5.91 Å². The number of hydrogen-bond acceptors (Lipinski definition) is 2. The van der Waals surface area contributed by atoms with Gasteiger partial charge < -0.3 is 9.88 Å².